The third-order valence-electron chi connectivity index (χ3n) is 3.61. The lowest BCUT2D eigenvalue weighted by atomic mass is 10.2. The third-order valence-corrected chi connectivity index (χ3v) is 4.80. The molecule has 0 aliphatic heterocycles. The molecule has 1 unspecified atom stereocenters. The number of aromatic amines is 1. The molecule has 0 amide bonds. The molecule has 0 radical (unpaired) electrons. The van der Waals surface area contributed by atoms with Crippen LogP contribution in [0.1, 0.15) is 12.5 Å². The van der Waals surface area contributed by atoms with Crippen LogP contribution in [0.3, 0.4) is 0 Å². The van der Waals surface area contributed by atoms with Gasteiger partial charge in [0, 0.05) is 5.56 Å². The second-order valence-corrected chi connectivity index (χ2v) is 6.50. The zero-order chi connectivity index (χ0) is 15.4. The minimum absolute atomic E-state index is 0.613. The lowest BCUT2D eigenvalue weighted by molar-refractivity contribution is -0.935. The van der Waals surface area contributed by atoms with Crippen molar-refractivity contribution in [2.24, 2.45) is 0 Å². The summed E-state index contributed by atoms with van der Waals surface area (Å²) in [6.45, 7) is 5.00. The van der Waals surface area contributed by atoms with Gasteiger partial charge in [0.15, 0.2) is 12.5 Å². The Morgan fingerprint density at radius 3 is 2.73 bits per heavy atom. The summed E-state index contributed by atoms with van der Waals surface area (Å²) >= 11 is 7.05. The average Bonchev–Trinajstić information content (AvgIpc) is 3.18. The molecule has 1 aromatic carbocycles. The van der Waals surface area contributed by atoms with E-state index in [4.69, 9.17) is 12.2 Å². The predicted octanol–water partition coefficient (Wildman–Crippen LogP) is 2.73. The normalized spacial score (nSPS) is 12.4. The number of nitrogens with one attached hydrogen (secondary N) is 2. The lowest BCUT2D eigenvalue weighted by Gasteiger charge is -2.17. The third kappa shape index (κ3) is 3.52. The molecule has 1 atom stereocenters. The van der Waals surface area contributed by atoms with Gasteiger partial charge in [0.25, 0.3) is 0 Å². The van der Waals surface area contributed by atoms with E-state index in [1.807, 2.05) is 22.2 Å². The molecule has 22 heavy (non-hydrogen) atoms. The Kier molecular flexibility index (Phi) is 4.82. The van der Waals surface area contributed by atoms with E-state index < -0.39 is 0 Å². The van der Waals surface area contributed by atoms with Crippen LogP contribution in [0, 0.1) is 4.77 Å². The molecule has 0 aliphatic carbocycles. The molecule has 3 rings (SSSR count). The highest BCUT2D eigenvalue weighted by molar-refractivity contribution is 7.71. The van der Waals surface area contributed by atoms with Crippen molar-refractivity contribution in [2.75, 3.05) is 6.54 Å². The molecule has 114 valence electrons. The minimum Gasteiger partial charge on any atom is -0.313 e. The molecular formula is C16H19N4S2+. The van der Waals surface area contributed by atoms with Gasteiger partial charge in [0.2, 0.25) is 4.77 Å². The molecule has 0 saturated heterocycles. The van der Waals surface area contributed by atoms with Crippen molar-refractivity contribution in [3.63, 3.8) is 0 Å². The summed E-state index contributed by atoms with van der Waals surface area (Å²) in [5, 5.41) is 5.37. The fourth-order valence-corrected chi connectivity index (χ4v) is 3.25. The first-order valence-electron chi connectivity index (χ1n) is 7.34. The van der Waals surface area contributed by atoms with Gasteiger partial charge in [-0.15, -0.1) is 11.3 Å². The van der Waals surface area contributed by atoms with E-state index in [9.17, 15) is 0 Å². The summed E-state index contributed by atoms with van der Waals surface area (Å²) in [6.07, 6.45) is 0. The van der Waals surface area contributed by atoms with Gasteiger partial charge in [-0.05, 0) is 30.6 Å². The Hall–Kier alpha value is -1.76. The fraction of sp³-hybridized carbons (Fsp3) is 0.250. The topological polar surface area (TPSA) is 38.0 Å². The van der Waals surface area contributed by atoms with E-state index in [1.165, 1.54) is 10.5 Å². The molecule has 0 spiro atoms. The Morgan fingerprint density at radius 1 is 1.23 bits per heavy atom. The SMILES string of the molecule is CC[NH+](Cc1ccccc1)Cn1[nH]c(-c2cccs2)nc1=S. The quantitative estimate of drug-likeness (QED) is 0.682. The molecule has 4 nitrogen and oxygen atoms in total. The van der Waals surface area contributed by atoms with E-state index in [1.54, 1.807) is 11.3 Å². The maximum absolute atomic E-state index is 5.39. The number of benzene rings is 1. The van der Waals surface area contributed by atoms with Gasteiger partial charge in [-0.25, -0.2) is 4.68 Å². The highest BCUT2D eigenvalue weighted by Gasteiger charge is 2.11. The average molecular weight is 331 g/mol. The molecule has 3 aromatic rings. The van der Waals surface area contributed by atoms with Gasteiger partial charge in [0.1, 0.15) is 6.54 Å². The smallest absolute Gasteiger partial charge is 0.221 e. The molecule has 2 heterocycles. The van der Waals surface area contributed by atoms with Crippen LogP contribution in [0.25, 0.3) is 10.7 Å². The summed E-state index contributed by atoms with van der Waals surface area (Å²) in [4.78, 5) is 7.02. The highest BCUT2D eigenvalue weighted by atomic mass is 32.1. The molecule has 2 N–H and O–H groups in total. The van der Waals surface area contributed by atoms with Crippen molar-refractivity contribution in [3.8, 4) is 10.7 Å². The number of thiophene rings is 1. The standard InChI is InChI=1S/C16H18N4S2/c1-2-19(11-13-7-4-3-5-8-13)12-20-16(21)17-15(18-20)14-9-6-10-22-14/h3-10H,2,11-12H2,1H3,(H,17,18,21)/p+1. The highest BCUT2D eigenvalue weighted by Crippen LogP contribution is 2.20. The van der Waals surface area contributed by atoms with Crippen molar-refractivity contribution in [1.82, 2.24) is 14.8 Å². The Morgan fingerprint density at radius 2 is 2.05 bits per heavy atom. The van der Waals surface area contributed by atoms with Crippen LogP contribution >= 0.6 is 23.6 Å². The van der Waals surface area contributed by atoms with Gasteiger partial charge < -0.3 is 4.90 Å². The molecule has 2 aromatic heterocycles. The van der Waals surface area contributed by atoms with Gasteiger partial charge in [0.05, 0.1) is 11.4 Å². The molecular weight excluding hydrogens is 312 g/mol. The first kappa shape index (κ1) is 15.1. The summed E-state index contributed by atoms with van der Waals surface area (Å²) in [5.74, 6) is 0.857. The zero-order valence-corrected chi connectivity index (χ0v) is 14.1. The first-order chi connectivity index (χ1) is 10.8. The maximum Gasteiger partial charge on any atom is 0.221 e. The van der Waals surface area contributed by atoms with Crippen molar-refractivity contribution in [1.29, 1.82) is 0 Å². The number of hydrogen-bond donors (Lipinski definition) is 2. The maximum atomic E-state index is 5.39. The van der Waals surface area contributed by atoms with Crippen molar-refractivity contribution < 1.29 is 4.90 Å². The van der Waals surface area contributed by atoms with Gasteiger partial charge in [-0.3, -0.25) is 5.10 Å². The Labute approximate surface area is 139 Å². The molecule has 6 heteroatoms. The fourth-order valence-electron chi connectivity index (χ4n) is 2.39. The van der Waals surface area contributed by atoms with Crippen LogP contribution < -0.4 is 4.90 Å². The molecule has 0 saturated carbocycles. The van der Waals surface area contributed by atoms with Gasteiger partial charge in [-0.1, -0.05) is 36.4 Å². The largest absolute Gasteiger partial charge is 0.313 e. The summed E-state index contributed by atoms with van der Waals surface area (Å²) < 4.78 is 2.58. The number of H-pyrrole nitrogens is 1. The molecule has 0 fully saturated rings. The number of quaternary nitrogens is 1. The van der Waals surface area contributed by atoms with Crippen molar-refractivity contribution in [2.45, 2.75) is 20.1 Å². The predicted molar refractivity (Wildman–Crippen MR) is 92.4 cm³/mol. The Bertz CT molecular complexity index is 759. The summed E-state index contributed by atoms with van der Waals surface area (Å²) in [5.41, 5.74) is 1.34. The van der Waals surface area contributed by atoms with Crippen LogP contribution in [0.5, 0.6) is 0 Å². The summed E-state index contributed by atoms with van der Waals surface area (Å²) in [6, 6.07) is 14.6. The van der Waals surface area contributed by atoms with E-state index in [0.717, 1.165) is 30.5 Å². The Balaban J connectivity index is 1.75. The van der Waals surface area contributed by atoms with Crippen LogP contribution in [-0.2, 0) is 13.2 Å². The zero-order valence-electron chi connectivity index (χ0n) is 12.5. The summed E-state index contributed by atoms with van der Waals surface area (Å²) in [7, 11) is 0. The second kappa shape index (κ2) is 7.00. The van der Waals surface area contributed by atoms with Crippen molar-refractivity contribution in [3.05, 3.63) is 58.2 Å². The van der Waals surface area contributed by atoms with E-state index >= 15 is 0 Å². The monoisotopic (exact) mass is 331 g/mol. The second-order valence-electron chi connectivity index (χ2n) is 5.18. The molecule has 0 aliphatic rings. The number of aromatic nitrogens is 3. The van der Waals surface area contributed by atoms with Crippen LogP contribution in [0.2, 0.25) is 0 Å². The van der Waals surface area contributed by atoms with Gasteiger partial charge in [-0.2, -0.15) is 4.98 Å². The van der Waals surface area contributed by atoms with Gasteiger partial charge >= 0.3 is 0 Å². The van der Waals surface area contributed by atoms with E-state index in [2.05, 4.69) is 47.3 Å². The number of hydrogen-bond acceptors (Lipinski definition) is 3. The van der Waals surface area contributed by atoms with Crippen molar-refractivity contribution >= 4 is 23.6 Å². The number of rotatable bonds is 6. The molecule has 0 bridgehead atoms. The van der Waals surface area contributed by atoms with E-state index in [-0.39, 0.29) is 0 Å². The van der Waals surface area contributed by atoms with Crippen LogP contribution in [0.15, 0.2) is 47.8 Å². The first-order valence-corrected chi connectivity index (χ1v) is 8.63. The van der Waals surface area contributed by atoms with Crippen LogP contribution in [-0.4, -0.2) is 21.3 Å². The minimum atomic E-state index is 0.613. The lowest BCUT2D eigenvalue weighted by Crippen LogP contribution is -3.09. The van der Waals surface area contributed by atoms with Crippen LogP contribution in [0.4, 0.5) is 0 Å². The number of nitrogens with zero attached hydrogens (tertiary/aromatic N) is 2. The van der Waals surface area contributed by atoms with E-state index in [0.29, 0.717) is 4.77 Å².